The van der Waals surface area contributed by atoms with Crippen LogP contribution in [0.1, 0.15) is 6.42 Å². The molecule has 0 aliphatic carbocycles. The number of nitrogens with two attached hydrogens (primary N) is 1. The van der Waals surface area contributed by atoms with Crippen molar-refractivity contribution in [2.45, 2.75) is 6.42 Å². The van der Waals surface area contributed by atoms with E-state index in [4.69, 9.17) is 5.73 Å². The van der Waals surface area contributed by atoms with Crippen LogP contribution in [0.5, 0.6) is 0 Å². The van der Waals surface area contributed by atoms with E-state index in [1.54, 1.807) is 11.3 Å². The summed E-state index contributed by atoms with van der Waals surface area (Å²) >= 11 is 1.66. The number of pyridine rings is 1. The van der Waals surface area contributed by atoms with Crippen molar-refractivity contribution >= 4 is 27.2 Å². The van der Waals surface area contributed by atoms with Gasteiger partial charge in [0.2, 0.25) is 0 Å². The van der Waals surface area contributed by atoms with Gasteiger partial charge in [-0.25, -0.2) is 4.98 Å². The Morgan fingerprint density at radius 3 is 3.21 bits per heavy atom. The van der Waals surface area contributed by atoms with E-state index >= 15 is 0 Å². The largest absolute Gasteiger partial charge is 0.384 e. The number of nitrogens with zero attached hydrogens (tertiary/aromatic N) is 1. The number of anilines is 1. The van der Waals surface area contributed by atoms with E-state index in [1.807, 2.05) is 12.3 Å². The molecule has 0 saturated carbocycles. The van der Waals surface area contributed by atoms with Crippen LogP contribution >= 0.6 is 11.3 Å². The fourth-order valence-corrected chi connectivity index (χ4v) is 2.11. The van der Waals surface area contributed by atoms with Crippen LogP contribution in [0.3, 0.4) is 0 Å². The Kier molecular flexibility index (Phi) is 2.96. The molecule has 2 aromatic rings. The molecule has 74 valence electrons. The molecule has 0 aliphatic rings. The topological polar surface area (TPSA) is 50.9 Å². The van der Waals surface area contributed by atoms with Crippen LogP contribution in [-0.2, 0) is 0 Å². The van der Waals surface area contributed by atoms with E-state index in [-0.39, 0.29) is 0 Å². The molecular weight excluding hydrogens is 194 g/mol. The molecule has 0 atom stereocenters. The van der Waals surface area contributed by atoms with Gasteiger partial charge in [-0.2, -0.15) is 0 Å². The van der Waals surface area contributed by atoms with Gasteiger partial charge in [-0.05, 0) is 30.5 Å². The summed E-state index contributed by atoms with van der Waals surface area (Å²) in [5, 5.41) is 6.63. The van der Waals surface area contributed by atoms with Gasteiger partial charge < -0.3 is 11.1 Å². The Morgan fingerprint density at radius 1 is 1.43 bits per heavy atom. The molecule has 2 heterocycles. The fraction of sp³-hybridized carbons (Fsp3) is 0.300. The van der Waals surface area contributed by atoms with Crippen molar-refractivity contribution in [1.82, 2.24) is 4.98 Å². The summed E-state index contributed by atoms with van der Waals surface area (Å²) in [6, 6.07) is 4.10. The lowest BCUT2D eigenvalue weighted by molar-refractivity contribution is 0.875. The highest BCUT2D eigenvalue weighted by Gasteiger charge is 2.01. The number of aromatic nitrogens is 1. The molecule has 0 fully saturated rings. The van der Waals surface area contributed by atoms with E-state index in [9.17, 15) is 0 Å². The Labute approximate surface area is 87.0 Å². The van der Waals surface area contributed by atoms with Gasteiger partial charge in [0.25, 0.3) is 0 Å². The number of hydrogen-bond donors (Lipinski definition) is 2. The van der Waals surface area contributed by atoms with E-state index in [1.165, 1.54) is 5.39 Å². The van der Waals surface area contributed by atoms with Crippen molar-refractivity contribution in [2.24, 2.45) is 5.73 Å². The Balaban J connectivity index is 2.19. The lowest BCUT2D eigenvalue weighted by Crippen LogP contribution is -2.08. The first kappa shape index (κ1) is 9.43. The summed E-state index contributed by atoms with van der Waals surface area (Å²) in [6.45, 7) is 1.65. The summed E-state index contributed by atoms with van der Waals surface area (Å²) in [5.41, 5.74) is 6.59. The number of rotatable bonds is 4. The molecule has 0 bridgehead atoms. The van der Waals surface area contributed by atoms with Crippen molar-refractivity contribution < 1.29 is 0 Å². The van der Waals surface area contributed by atoms with Gasteiger partial charge in [0.05, 0.1) is 0 Å². The Bertz CT molecular complexity index is 410. The first-order valence-electron chi connectivity index (χ1n) is 4.68. The van der Waals surface area contributed by atoms with E-state index < -0.39 is 0 Å². The molecule has 4 heteroatoms. The van der Waals surface area contributed by atoms with Crippen molar-refractivity contribution in [3.05, 3.63) is 23.7 Å². The Hall–Kier alpha value is -1.13. The molecular formula is C10H13N3S. The monoisotopic (exact) mass is 207 g/mol. The van der Waals surface area contributed by atoms with Crippen molar-refractivity contribution in [3.8, 4) is 0 Å². The molecule has 3 N–H and O–H groups in total. The van der Waals surface area contributed by atoms with Gasteiger partial charge in [-0.15, -0.1) is 11.3 Å². The number of nitrogens with one attached hydrogen (secondary N) is 1. The van der Waals surface area contributed by atoms with Crippen LogP contribution < -0.4 is 11.1 Å². The minimum Gasteiger partial charge on any atom is -0.384 e. The van der Waals surface area contributed by atoms with Crippen LogP contribution in [0.25, 0.3) is 10.2 Å². The molecule has 0 spiro atoms. The smallest absolute Gasteiger partial charge is 0.125 e. The first-order chi connectivity index (χ1) is 6.92. The number of hydrogen-bond acceptors (Lipinski definition) is 4. The molecule has 3 nitrogen and oxygen atoms in total. The van der Waals surface area contributed by atoms with Gasteiger partial charge in [-0.3, -0.25) is 0 Å². The quantitative estimate of drug-likeness (QED) is 0.754. The second-order valence-corrected chi connectivity index (χ2v) is 3.96. The van der Waals surface area contributed by atoms with Gasteiger partial charge in [-0.1, -0.05) is 0 Å². The highest BCUT2D eigenvalue weighted by atomic mass is 32.1. The molecule has 0 amide bonds. The van der Waals surface area contributed by atoms with Crippen LogP contribution in [-0.4, -0.2) is 18.1 Å². The van der Waals surface area contributed by atoms with Gasteiger partial charge in [0, 0.05) is 23.8 Å². The third kappa shape index (κ3) is 1.86. The summed E-state index contributed by atoms with van der Waals surface area (Å²) in [5.74, 6) is 0. The molecule has 0 radical (unpaired) electrons. The van der Waals surface area contributed by atoms with Crippen LogP contribution in [0.4, 0.5) is 5.69 Å². The minimum absolute atomic E-state index is 0.727. The fourth-order valence-electron chi connectivity index (χ4n) is 1.35. The molecule has 0 saturated heterocycles. The predicted molar refractivity (Wildman–Crippen MR) is 61.8 cm³/mol. The second-order valence-electron chi connectivity index (χ2n) is 3.07. The van der Waals surface area contributed by atoms with Gasteiger partial charge in [0.1, 0.15) is 4.83 Å². The highest BCUT2D eigenvalue weighted by Crippen LogP contribution is 2.25. The van der Waals surface area contributed by atoms with E-state index in [0.717, 1.165) is 30.0 Å². The van der Waals surface area contributed by atoms with Gasteiger partial charge in [0.15, 0.2) is 0 Å². The molecule has 2 aromatic heterocycles. The third-order valence-corrected chi connectivity index (χ3v) is 2.89. The second kappa shape index (κ2) is 4.39. The summed E-state index contributed by atoms with van der Waals surface area (Å²) in [4.78, 5) is 5.37. The lowest BCUT2D eigenvalue weighted by Gasteiger charge is -2.05. The maximum atomic E-state index is 5.44. The highest BCUT2D eigenvalue weighted by molar-refractivity contribution is 7.16. The normalized spacial score (nSPS) is 10.6. The summed E-state index contributed by atoms with van der Waals surface area (Å²) in [6.07, 6.45) is 2.83. The molecule has 0 aliphatic heterocycles. The van der Waals surface area contributed by atoms with Crippen LogP contribution in [0.15, 0.2) is 23.7 Å². The van der Waals surface area contributed by atoms with Crippen molar-refractivity contribution in [1.29, 1.82) is 0 Å². The summed E-state index contributed by atoms with van der Waals surface area (Å²) < 4.78 is 0. The third-order valence-electron chi connectivity index (χ3n) is 2.06. The van der Waals surface area contributed by atoms with Gasteiger partial charge >= 0.3 is 0 Å². The first-order valence-corrected chi connectivity index (χ1v) is 5.56. The van der Waals surface area contributed by atoms with Crippen LogP contribution in [0, 0.1) is 0 Å². The van der Waals surface area contributed by atoms with E-state index in [2.05, 4.69) is 21.7 Å². The lowest BCUT2D eigenvalue weighted by atomic mass is 10.3. The number of fused-ring (bicyclic) bond motifs is 1. The average Bonchev–Trinajstić information content (AvgIpc) is 2.67. The molecule has 0 unspecified atom stereocenters. The zero-order valence-corrected chi connectivity index (χ0v) is 8.68. The maximum Gasteiger partial charge on any atom is 0.125 e. The maximum absolute atomic E-state index is 5.44. The zero-order chi connectivity index (χ0) is 9.80. The summed E-state index contributed by atoms with van der Waals surface area (Å²) in [7, 11) is 0. The van der Waals surface area contributed by atoms with Crippen molar-refractivity contribution in [3.63, 3.8) is 0 Å². The zero-order valence-electron chi connectivity index (χ0n) is 7.86. The van der Waals surface area contributed by atoms with Crippen molar-refractivity contribution in [2.75, 3.05) is 18.4 Å². The Morgan fingerprint density at radius 2 is 2.36 bits per heavy atom. The predicted octanol–water partition coefficient (Wildman–Crippen LogP) is 2.06. The van der Waals surface area contributed by atoms with E-state index in [0.29, 0.717) is 0 Å². The van der Waals surface area contributed by atoms with Crippen LogP contribution in [0.2, 0.25) is 0 Å². The SMILES string of the molecule is NCCCNc1ccnc2sccc12. The minimum atomic E-state index is 0.727. The number of thiophene rings is 1. The molecule has 0 aromatic carbocycles. The molecule has 2 rings (SSSR count). The average molecular weight is 207 g/mol. The standard InChI is InChI=1S/C10H13N3S/c11-4-1-5-12-9-2-6-13-10-8(9)3-7-14-10/h2-3,6-7H,1,4-5,11H2,(H,12,13). The molecule has 14 heavy (non-hydrogen) atoms.